The minimum Gasteiger partial charge on any atom is -0.861 e. The molecule has 4 heteroatoms. The van der Waals surface area contributed by atoms with E-state index in [1.54, 1.807) is 0 Å². The van der Waals surface area contributed by atoms with Gasteiger partial charge < -0.3 is 5.11 Å². The molecule has 0 saturated heterocycles. The maximum Gasteiger partial charge on any atom is 0.0619 e. The molecule has 1 atom stereocenters. The molecule has 3 nitrogen and oxygen atoms in total. The van der Waals surface area contributed by atoms with Gasteiger partial charge in [0.05, 0.1) is 9.71 Å². The van der Waals surface area contributed by atoms with Crippen LogP contribution >= 0.6 is 0 Å². The minimum atomic E-state index is -2.45. The number of nitrogens with zero attached hydrogens (tertiary/aromatic N) is 1. The van der Waals surface area contributed by atoms with E-state index in [0.717, 1.165) is 0 Å². The molecule has 0 aromatic heterocycles. The van der Waals surface area contributed by atoms with Gasteiger partial charge >= 0.3 is 0 Å². The molecule has 0 saturated carbocycles. The van der Waals surface area contributed by atoms with Crippen LogP contribution in [0, 0.1) is 0 Å². The molecule has 0 aromatic carbocycles. The standard InChI is InChI=1S/C4H9NO2S/c1-4(6)5-8(2,3)7/h2H2,1,3H3,(H,5,6,7)/p-1. The molecule has 0 aliphatic rings. The van der Waals surface area contributed by atoms with Crippen LogP contribution in [-0.2, 0) is 9.71 Å². The average Bonchev–Trinajstić information content (AvgIpc) is 1.21. The summed E-state index contributed by atoms with van der Waals surface area (Å²) < 4.78 is 13.7. The summed E-state index contributed by atoms with van der Waals surface area (Å²) in [6.07, 6.45) is 1.31. The normalized spacial score (nSPS) is 20.0. The van der Waals surface area contributed by atoms with E-state index in [9.17, 15) is 9.32 Å². The fraction of sp³-hybridized carbons (Fsp3) is 0.500. The molecule has 0 fully saturated rings. The van der Waals surface area contributed by atoms with Crippen LogP contribution in [-0.4, -0.2) is 22.2 Å². The lowest BCUT2D eigenvalue weighted by atomic mass is 10.8. The molecule has 0 aromatic rings. The van der Waals surface area contributed by atoms with Gasteiger partial charge in [0.15, 0.2) is 0 Å². The van der Waals surface area contributed by atoms with Gasteiger partial charge in [-0.05, 0) is 18.7 Å². The first-order valence-corrected chi connectivity index (χ1v) is 4.07. The Bertz CT molecular complexity index is 186. The largest absolute Gasteiger partial charge is 0.861 e. The van der Waals surface area contributed by atoms with Gasteiger partial charge in [-0.1, -0.05) is 0 Å². The maximum absolute atomic E-state index is 10.5. The third-order valence-electron chi connectivity index (χ3n) is 0.322. The summed E-state index contributed by atoms with van der Waals surface area (Å²) in [6, 6.07) is 0. The molecular formula is C4H8NO2S-. The Hall–Kier alpha value is -0.510. The van der Waals surface area contributed by atoms with E-state index in [2.05, 4.69) is 10.3 Å². The van der Waals surface area contributed by atoms with Gasteiger partial charge in [-0.25, -0.2) is 8.61 Å². The van der Waals surface area contributed by atoms with Crippen molar-refractivity contribution < 1.29 is 9.32 Å². The van der Waals surface area contributed by atoms with Crippen molar-refractivity contribution >= 4 is 21.5 Å². The van der Waals surface area contributed by atoms with E-state index in [1.165, 1.54) is 13.2 Å². The summed E-state index contributed by atoms with van der Waals surface area (Å²) in [5.74, 6) is 2.71. The van der Waals surface area contributed by atoms with Crippen molar-refractivity contribution in [3.05, 3.63) is 0 Å². The zero-order chi connectivity index (χ0) is 6.78. The van der Waals surface area contributed by atoms with Crippen molar-refractivity contribution in [2.45, 2.75) is 6.92 Å². The Labute approximate surface area is 49.2 Å². The second kappa shape index (κ2) is 2.17. The maximum atomic E-state index is 10.5. The van der Waals surface area contributed by atoms with Crippen LogP contribution in [0.4, 0.5) is 0 Å². The van der Waals surface area contributed by atoms with E-state index < -0.39 is 15.6 Å². The van der Waals surface area contributed by atoms with Gasteiger partial charge in [0.2, 0.25) is 0 Å². The Morgan fingerprint density at radius 2 is 2.25 bits per heavy atom. The lowest BCUT2D eigenvalue weighted by molar-refractivity contribution is -0.215. The molecule has 0 rings (SSSR count). The van der Waals surface area contributed by atoms with E-state index in [4.69, 9.17) is 0 Å². The predicted molar refractivity (Wildman–Crippen MR) is 34.3 cm³/mol. The minimum absolute atomic E-state index is 0.437. The lowest BCUT2D eigenvalue weighted by Crippen LogP contribution is -2.13. The molecule has 8 heavy (non-hydrogen) atoms. The second-order valence-electron chi connectivity index (χ2n) is 1.57. The summed E-state index contributed by atoms with van der Waals surface area (Å²) in [5.41, 5.74) is 0. The van der Waals surface area contributed by atoms with Crippen molar-refractivity contribution in [2.75, 3.05) is 6.26 Å². The SMILES string of the molecule is C=S(C)(=O)N=C(C)[O-]. The highest BCUT2D eigenvalue weighted by atomic mass is 32.2. The highest BCUT2D eigenvalue weighted by molar-refractivity contribution is 7.98. The Kier molecular flexibility index (Phi) is 2.03. The van der Waals surface area contributed by atoms with Crippen LogP contribution in [0.5, 0.6) is 0 Å². The van der Waals surface area contributed by atoms with E-state index in [-0.39, 0.29) is 0 Å². The second-order valence-corrected chi connectivity index (χ2v) is 3.67. The van der Waals surface area contributed by atoms with Gasteiger partial charge in [0.1, 0.15) is 0 Å². The average molecular weight is 134 g/mol. The van der Waals surface area contributed by atoms with Crippen molar-refractivity contribution in [3.8, 4) is 0 Å². The molecule has 0 N–H and O–H groups in total. The fourth-order valence-electron chi connectivity index (χ4n) is 0.272. The molecule has 1 unspecified atom stereocenters. The molecule has 48 valence electrons. The molecule has 0 heterocycles. The van der Waals surface area contributed by atoms with Crippen LogP contribution in [0.2, 0.25) is 0 Å². The summed E-state index contributed by atoms with van der Waals surface area (Å²) in [7, 11) is -2.45. The Morgan fingerprint density at radius 1 is 1.88 bits per heavy atom. The molecule has 0 spiro atoms. The summed E-state index contributed by atoms with van der Waals surface area (Å²) in [4.78, 5) is 0. The topological polar surface area (TPSA) is 52.5 Å². The molecule has 0 aliphatic heterocycles. The number of hydrogen-bond acceptors (Lipinski definition) is 2. The van der Waals surface area contributed by atoms with Gasteiger partial charge in [-0.2, -0.15) is 0 Å². The van der Waals surface area contributed by atoms with Crippen molar-refractivity contribution in [1.29, 1.82) is 0 Å². The highest BCUT2D eigenvalue weighted by Crippen LogP contribution is 1.81. The predicted octanol–water partition coefficient (Wildman–Crippen LogP) is -0.974. The van der Waals surface area contributed by atoms with Crippen molar-refractivity contribution in [2.24, 2.45) is 4.40 Å². The van der Waals surface area contributed by atoms with Crippen LogP contribution in [0.25, 0.3) is 0 Å². The van der Waals surface area contributed by atoms with Crippen molar-refractivity contribution in [1.82, 2.24) is 0 Å². The molecule has 0 bridgehead atoms. The van der Waals surface area contributed by atoms with E-state index in [1.807, 2.05) is 0 Å². The Morgan fingerprint density at radius 3 is 2.25 bits per heavy atom. The first kappa shape index (κ1) is 7.49. The molecule has 0 aliphatic carbocycles. The monoisotopic (exact) mass is 134 g/mol. The van der Waals surface area contributed by atoms with Crippen molar-refractivity contribution in [3.63, 3.8) is 0 Å². The summed E-state index contributed by atoms with van der Waals surface area (Å²) in [6.45, 7) is 1.24. The summed E-state index contributed by atoms with van der Waals surface area (Å²) >= 11 is 0. The zero-order valence-electron chi connectivity index (χ0n) is 4.88. The number of rotatable bonds is 1. The zero-order valence-corrected chi connectivity index (χ0v) is 5.70. The molecule has 0 radical (unpaired) electrons. The smallest absolute Gasteiger partial charge is 0.0619 e. The summed E-state index contributed by atoms with van der Waals surface area (Å²) in [5, 5.41) is 10.1. The third-order valence-corrected chi connectivity index (χ3v) is 0.965. The third kappa shape index (κ3) is 5.49. The van der Waals surface area contributed by atoms with Gasteiger partial charge in [0, 0.05) is 6.26 Å². The van der Waals surface area contributed by atoms with Gasteiger partial charge in [0.25, 0.3) is 0 Å². The molecule has 0 amide bonds. The van der Waals surface area contributed by atoms with E-state index in [0.29, 0.717) is 0 Å². The van der Waals surface area contributed by atoms with Gasteiger partial charge in [-0.15, -0.1) is 0 Å². The highest BCUT2D eigenvalue weighted by Gasteiger charge is 1.81. The van der Waals surface area contributed by atoms with Gasteiger partial charge in [-0.3, -0.25) is 0 Å². The number of hydrogen-bond donors (Lipinski definition) is 0. The lowest BCUT2D eigenvalue weighted by Gasteiger charge is -2.01. The Balaban J connectivity index is 4.36. The quantitative estimate of drug-likeness (QED) is 0.263. The first-order valence-electron chi connectivity index (χ1n) is 1.97. The van der Waals surface area contributed by atoms with Crippen LogP contribution in [0.3, 0.4) is 0 Å². The van der Waals surface area contributed by atoms with Crippen LogP contribution < -0.4 is 5.11 Å². The van der Waals surface area contributed by atoms with E-state index >= 15 is 0 Å². The fourth-order valence-corrected chi connectivity index (χ4v) is 0.816. The first-order chi connectivity index (χ1) is 3.42. The van der Waals surface area contributed by atoms with Crippen LogP contribution in [0.15, 0.2) is 4.40 Å². The van der Waals surface area contributed by atoms with Crippen LogP contribution in [0.1, 0.15) is 6.92 Å². The molecular weight excluding hydrogens is 126 g/mol.